The molecule has 1 aromatic heterocycles. The Morgan fingerprint density at radius 2 is 2.00 bits per heavy atom. The molecular formula is C10H17N5O3. The Morgan fingerprint density at radius 3 is 2.56 bits per heavy atom. The van der Waals surface area contributed by atoms with Crippen molar-refractivity contribution >= 4 is 17.3 Å². The van der Waals surface area contributed by atoms with Crippen molar-refractivity contribution in [3.63, 3.8) is 0 Å². The normalized spacial score (nSPS) is 10.1. The number of nitro groups is 1. The van der Waals surface area contributed by atoms with Gasteiger partial charge in [0.2, 0.25) is 11.6 Å². The predicted octanol–water partition coefficient (Wildman–Crippen LogP) is 1.27. The summed E-state index contributed by atoms with van der Waals surface area (Å²) in [6, 6.07) is 0. The lowest BCUT2D eigenvalue weighted by Gasteiger charge is -2.08. The maximum Gasteiger partial charge on any atom is 0.353 e. The van der Waals surface area contributed by atoms with Gasteiger partial charge in [0.15, 0.2) is 0 Å². The molecule has 0 saturated carbocycles. The largest absolute Gasteiger partial charge is 0.380 e. The zero-order valence-electron chi connectivity index (χ0n) is 10.5. The molecule has 1 aromatic rings. The van der Waals surface area contributed by atoms with E-state index in [-0.39, 0.29) is 17.3 Å². The van der Waals surface area contributed by atoms with Gasteiger partial charge in [-0.2, -0.15) is 0 Å². The zero-order valence-corrected chi connectivity index (χ0v) is 10.5. The molecule has 18 heavy (non-hydrogen) atoms. The van der Waals surface area contributed by atoms with E-state index in [1.807, 2.05) is 13.8 Å². The highest BCUT2D eigenvalue weighted by Gasteiger charge is 2.21. The molecule has 0 aliphatic carbocycles. The molecule has 0 bridgehead atoms. The Hall–Kier alpha value is -1.96. The molecule has 0 aromatic carbocycles. The van der Waals surface area contributed by atoms with Gasteiger partial charge in [-0.25, -0.2) is 9.97 Å². The van der Waals surface area contributed by atoms with Crippen LogP contribution in [0.3, 0.4) is 0 Å². The summed E-state index contributed by atoms with van der Waals surface area (Å²) in [7, 11) is 0. The first-order valence-corrected chi connectivity index (χ1v) is 5.75. The Bertz CT molecular complexity index is 399. The number of nitrogens with zero attached hydrogens (tertiary/aromatic N) is 3. The zero-order chi connectivity index (χ0) is 13.4. The van der Waals surface area contributed by atoms with Gasteiger partial charge in [0, 0.05) is 19.7 Å². The SMILES string of the molecule is CCNc1ncnc(NCCOCC)c1[N+](=O)[O-]. The van der Waals surface area contributed by atoms with Gasteiger partial charge in [-0.05, 0) is 13.8 Å². The van der Waals surface area contributed by atoms with E-state index in [4.69, 9.17) is 4.74 Å². The maximum atomic E-state index is 11.0. The summed E-state index contributed by atoms with van der Waals surface area (Å²) >= 11 is 0. The summed E-state index contributed by atoms with van der Waals surface area (Å²) in [5, 5.41) is 16.7. The van der Waals surface area contributed by atoms with Crippen LogP contribution in [-0.2, 0) is 4.74 Å². The second-order valence-electron chi connectivity index (χ2n) is 3.33. The molecule has 8 nitrogen and oxygen atoms in total. The van der Waals surface area contributed by atoms with Crippen molar-refractivity contribution in [3.8, 4) is 0 Å². The molecule has 1 heterocycles. The molecule has 0 atom stereocenters. The molecule has 0 amide bonds. The first-order valence-electron chi connectivity index (χ1n) is 5.75. The Kier molecular flexibility index (Phi) is 5.78. The van der Waals surface area contributed by atoms with E-state index >= 15 is 0 Å². The summed E-state index contributed by atoms with van der Waals surface area (Å²) in [5.41, 5.74) is -0.143. The topological polar surface area (TPSA) is 102 Å². The third-order valence-electron chi connectivity index (χ3n) is 2.09. The van der Waals surface area contributed by atoms with Crippen molar-refractivity contribution in [2.45, 2.75) is 13.8 Å². The van der Waals surface area contributed by atoms with Crippen molar-refractivity contribution < 1.29 is 9.66 Å². The lowest BCUT2D eigenvalue weighted by Crippen LogP contribution is -2.13. The molecule has 100 valence electrons. The van der Waals surface area contributed by atoms with Crippen LogP contribution in [0.2, 0.25) is 0 Å². The number of rotatable bonds is 8. The smallest absolute Gasteiger partial charge is 0.353 e. The second-order valence-corrected chi connectivity index (χ2v) is 3.33. The van der Waals surface area contributed by atoms with Crippen LogP contribution >= 0.6 is 0 Å². The lowest BCUT2D eigenvalue weighted by atomic mass is 10.4. The van der Waals surface area contributed by atoms with E-state index in [9.17, 15) is 10.1 Å². The van der Waals surface area contributed by atoms with E-state index in [2.05, 4.69) is 20.6 Å². The minimum atomic E-state index is -0.499. The maximum absolute atomic E-state index is 11.0. The van der Waals surface area contributed by atoms with Crippen LogP contribution < -0.4 is 10.6 Å². The number of hydrogen-bond acceptors (Lipinski definition) is 7. The highest BCUT2D eigenvalue weighted by atomic mass is 16.6. The summed E-state index contributed by atoms with van der Waals surface area (Å²) < 4.78 is 5.14. The standard InChI is InChI=1S/C10H17N5O3/c1-3-11-9-8(15(16)17)10(14-7-13-9)12-5-6-18-4-2/h7H,3-6H2,1-2H3,(H2,11,12,13,14). The van der Waals surface area contributed by atoms with Crippen LogP contribution in [0.25, 0.3) is 0 Å². The highest BCUT2D eigenvalue weighted by Crippen LogP contribution is 2.28. The molecule has 0 unspecified atom stereocenters. The molecule has 0 fully saturated rings. The summed E-state index contributed by atoms with van der Waals surface area (Å²) in [6.07, 6.45) is 1.29. The fourth-order valence-electron chi connectivity index (χ4n) is 1.36. The monoisotopic (exact) mass is 255 g/mol. The Morgan fingerprint density at radius 1 is 1.33 bits per heavy atom. The van der Waals surface area contributed by atoms with Crippen LogP contribution in [0.15, 0.2) is 6.33 Å². The van der Waals surface area contributed by atoms with Gasteiger partial charge in [0.1, 0.15) is 6.33 Å². The van der Waals surface area contributed by atoms with Crippen molar-refractivity contribution in [1.29, 1.82) is 0 Å². The van der Waals surface area contributed by atoms with E-state index < -0.39 is 4.92 Å². The molecule has 1 rings (SSSR count). The van der Waals surface area contributed by atoms with Crippen LogP contribution in [0, 0.1) is 10.1 Å². The van der Waals surface area contributed by atoms with Crippen LogP contribution in [0.5, 0.6) is 0 Å². The average Bonchev–Trinajstić information content (AvgIpc) is 2.35. The lowest BCUT2D eigenvalue weighted by molar-refractivity contribution is -0.383. The van der Waals surface area contributed by atoms with E-state index in [1.54, 1.807) is 0 Å². The Labute approximate surface area is 105 Å². The molecule has 0 spiro atoms. The van der Waals surface area contributed by atoms with Crippen molar-refractivity contribution in [1.82, 2.24) is 9.97 Å². The molecule has 0 aliphatic heterocycles. The van der Waals surface area contributed by atoms with Gasteiger partial charge in [0.05, 0.1) is 11.5 Å². The minimum absolute atomic E-state index is 0.143. The van der Waals surface area contributed by atoms with Gasteiger partial charge in [0.25, 0.3) is 0 Å². The van der Waals surface area contributed by atoms with Crippen molar-refractivity contribution in [2.24, 2.45) is 0 Å². The predicted molar refractivity (Wildman–Crippen MR) is 67.8 cm³/mol. The molecule has 0 saturated heterocycles. The van der Waals surface area contributed by atoms with Crippen molar-refractivity contribution in [2.75, 3.05) is 36.9 Å². The number of ether oxygens (including phenoxy) is 1. The highest BCUT2D eigenvalue weighted by molar-refractivity contribution is 5.69. The third-order valence-corrected chi connectivity index (χ3v) is 2.09. The summed E-state index contributed by atoms with van der Waals surface area (Å²) in [5.74, 6) is 0.419. The molecule has 2 N–H and O–H groups in total. The Balaban J connectivity index is 2.82. The van der Waals surface area contributed by atoms with Crippen LogP contribution in [0.4, 0.5) is 17.3 Å². The van der Waals surface area contributed by atoms with Gasteiger partial charge >= 0.3 is 5.69 Å². The average molecular weight is 255 g/mol. The first kappa shape index (κ1) is 14.1. The number of hydrogen-bond donors (Lipinski definition) is 2. The number of nitrogens with one attached hydrogen (secondary N) is 2. The van der Waals surface area contributed by atoms with Crippen LogP contribution in [0.1, 0.15) is 13.8 Å². The van der Waals surface area contributed by atoms with E-state index in [0.717, 1.165) is 0 Å². The molecule has 8 heteroatoms. The van der Waals surface area contributed by atoms with Crippen molar-refractivity contribution in [3.05, 3.63) is 16.4 Å². The molecular weight excluding hydrogens is 238 g/mol. The van der Waals surface area contributed by atoms with E-state index in [1.165, 1.54) is 6.33 Å². The summed E-state index contributed by atoms with van der Waals surface area (Å²) in [6.45, 7) is 5.81. The third kappa shape index (κ3) is 3.81. The van der Waals surface area contributed by atoms with Gasteiger partial charge in [-0.15, -0.1) is 0 Å². The molecule has 0 aliphatic rings. The second kappa shape index (κ2) is 7.38. The van der Waals surface area contributed by atoms with E-state index in [0.29, 0.717) is 26.3 Å². The fourth-order valence-corrected chi connectivity index (χ4v) is 1.36. The van der Waals surface area contributed by atoms with Gasteiger partial charge < -0.3 is 15.4 Å². The number of anilines is 2. The van der Waals surface area contributed by atoms with Gasteiger partial charge in [-0.1, -0.05) is 0 Å². The molecule has 0 radical (unpaired) electrons. The summed E-state index contributed by atoms with van der Waals surface area (Å²) in [4.78, 5) is 18.3. The van der Waals surface area contributed by atoms with Gasteiger partial charge in [-0.3, -0.25) is 10.1 Å². The first-order chi connectivity index (χ1) is 8.70. The minimum Gasteiger partial charge on any atom is -0.380 e. The number of aromatic nitrogens is 2. The van der Waals surface area contributed by atoms with Crippen LogP contribution in [-0.4, -0.2) is 41.2 Å². The fraction of sp³-hybridized carbons (Fsp3) is 0.600. The quantitative estimate of drug-likeness (QED) is 0.409.